The summed E-state index contributed by atoms with van der Waals surface area (Å²) in [6, 6.07) is 2.90. The van der Waals surface area contributed by atoms with E-state index in [9.17, 15) is 5.21 Å². The second kappa shape index (κ2) is 7.76. The average molecular weight is 393 g/mol. The molecule has 25 heavy (non-hydrogen) atoms. The van der Waals surface area contributed by atoms with Crippen molar-refractivity contribution in [3.63, 3.8) is 0 Å². The third-order valence-electron chi connectivity index (χ3n) is 4.49. The van der Waals surface area contributed by atoms with Crippen molar-refractivity contribution >= 4 is 23.2 Å². The van der Waals surface area contributed by atoms with Crippen molar-refractivity contribution in [3.05, 3.63) is 22.9 Å². The molecule has 1 aliphatic heterocycles. The highest BCUT2D eigenvalue weighted by Gasteiger charge is 2.60. The molecule has 6 nitrogen and oxygen atoms in total. The van der Waals surface area contributed by atoms with Gasteiger partial charge in [-0.15, -0.1) is 0 Å². The van der Waals surface area contributed by atoms with E-state index in [-0.39, 0.29) is 6.54 Å². The number of quaternary nitrogens is 1. The molecule has 1 heterocycles. The summed E-state index contributed by atoms with van der Waals surface area (Å²) >= 11 is 12.8. The Hall–Kier alpha value is -0.920. The van der Waals surface area contributed by atoms with E-state index in [1.165, 1.54) is 21.3 Å². The fourth-order valence-electron chi connectivity index (χ4n) is 3.40. The van der Waals surface area contributed by atoms with Gasteiger partial charge in [0.2, 0.25) is 10.1 Å². The Morgan fingerprint density at radius 2 is 1.72 bits per heavy atom. The zero-order valence-corrected chi connectivity index (χ0v) is 16.9. The van der Waals surface area contributed by atoms with Crippen LogP contribution in [-0.4, -0.2) is 68.9 Å². The molecule has 8 heteroatoms. The summed E-state index contributed by atoms with van der Waals surface area (Å²) in [5, 5.41) is 13.3. The number of hydrogen-bond donors (Lipinski definition) is 0. The third kappa shape index (κ3) is 4.09. The van der Waals surface area contributed by atoms with Gasteiger partial charge in [0.25, 0.3) is 0 Å². The van der Waals surface area contributed by atoms with Gasteiger partial charge in [0, 0.05) is 18.5 Å². The fraction of sp³-hybridized carbons (Fsp3) is 0.647. The molecule has 0 radical (unpaired) electrons. The molecule has 0 bridgehead atoms. The van der Waals surface area contributed by atoms with Gasteiger partial charge in [-0.1, -0.05) is 23.2 Å². The fourth-order valence-corrected chi connectivity index (χ4v) is 4.42. The lowest BCUT2D eigenvalue weighted by atomic mass is 9.91. The van der Waals surface area contributed by atoms with E-state index in [0.717, 1.165) is 13.0 Å². The summed E-state index contributed by atoms with van der Waals surface area (Å²) in [6.45, 7) is 1.44. The van der Waals surface area contributed by atoms with Crippen LogP contribution in [-0.2, 0) is 0 Å². The van der Waals surface area contributed by atoms with Crippen molar-refractivity contribution in [2.45, 2.75) is 16.8 Å². The summed E-state index contributed by atoms with van der Waals surface area (Å²) in [7, 11) is 8.57. The minimum Gasteiger partial charge on any atom is -0.632 e. The zero-order valence-electron chi connectivity index (χ0n) is 15.3. The molecule has 0 saturated carbocycles. The van der Waals surface area contributed by atoms with Gasteiger partial charge >= 0.3 is 0 Å². The average Bonchev–Trinajstić information content (AvgIpc) is 2.52. The molecule has 2 rings (SSSR count). The Morgan fingerprint density at radius 1 is 1.16 bits per heavy atom. The number of nitrogens with zero attached hydrogens (tertiary/aromatic N) is 2. The molecule has 2 atom stereocenters. The van der Waals surface area contributed by atoms with E-state index in [2.05, 4.69) is 4.90 Å². The maximum absolute atomic E-state index is 13.3. The van der Waals surface area contributed by atoms with Crippen molar-refractivity contribution in [1.82, 2.24) is 4.90 Å². The van der Waals surface area contributed by atoms with E-state index in [1.807, 2.05) is 14.1 Å². The molecule has 1 saturated heterocycles. The minimum atomic E-state index is -1.12. The predicted octanol–water partition coefficient (Wildman–Crippen LogP) is 3.21. The van der Waals surface area contributed by atoms with Crippen molar-refractivity contribution in [3.8, 4) is 17.2 Å². The Morgan fingerprint density at radius 3 is 2.12 bits per heavy atom. The third-order valence-corrected chi connectivity index (χ3v) is 5.15. The summed E-state index contributed by atoms with van der Waals surface area (Å²) in [5.74, 6) is 1.43. The van der Waals surface area contributed by atoms with Gasteiger partial charge in [-0.25, -0.2) is 0 Å². The number of rotatable bonds is 8. The molecule has 1 aliphatic rings. The lowest BCUT2D eigenvalue weighted by Gasteiger charge is -2.62. The maximum atomic E-state index is 13.3. The minimum absolute atomic E-state index is 0.158. The molecule has 0 spiro atoms. The molecule has 2 unspecified atom stereocenters. The van der Waals surface area contributed by atoms with Crippen LogP contribution >= 0.6 is 23.2 Å². The first-order valence-corrected chi connectivity index (χ1v) is 8.84. The van der Waals surface area contributed by atoms with Gasteiger partial charge in [-0.05, 0) is 26.2 Å². The Labute approximate surface area is 159 Å². The largest absolute Gasteiger partial charge is 0.632 e. The molecule has 1 fully saturated rings. The molecular weight excluding hydrogens is 367 g/mol. The number of alkyl halides is 2. The molecule has 1 aromatic rings. The van der Waals surface area contributed by atoms with Crippen molar-refractivity contribution in [2.24, 2.45) is 0 Å². The van der Waals surface area contributed by atoms with Crippen LogP contribution in [0.5, 0.6) is 17.2 Å². The Kier molecular flexibility index (Phi) is 6.33. The first kappa shape index (κ1) is 20.4. The van der Waals surface area contributed by atoms with Gasteiger partial charge in [0.05, 0.1) is 27.9 Å². The smallest absolute Gasteiger partial charge is 0.222 e. The van der Waals surface area contributed by atoms with Crippen molar-refractivity contribution in [2.75, 3.05) is 55.1 Å². The number of ether oxygens (including phenoxy) is 3. The Bertz CT molecular complexity index is 587. The van der Waals surface area contributed by atoms with Crippen LogP contribution in [0.1, 0.15) is 18.0 Å². The van der Waals surface area contributed by atoms with Gasteiger partial charge in [0.1, 0.15) is 6.54 Å². The lowest BCUT2D eigenvalue weighted by molar-refractivity contribution is -0.954. The van der Waals surface area contributed by atoms with Gasteiger partial charge in [0.15, 0.2) is 17.5 Å². The number of halogens is 2. The second-order valence-corrected chi connectivity index (χ2v) is 8.16. The molecule has 0 amide bonds. The van der Waals surface area contributed by atoms with Crippen LogP contribution in [0.4, 0.5) is 0 Å². The number of likely N-dealkylation sites (tertiary alicyclic amines) is 1. The number of hydrogen-bond acceptors (Lipinski definition) is 5. The standard InChI is InChI=1S/C17H26Cl2N2O4/c1-20(2)7-6-8-21(22)11-17(18,19)16(21)12-9-13(23-3)15(25-5)14(10-12)24-4/h9-10,16H,6-8,11H2,1-5H3. The first-order valence-electron chi connectivity index (χ1n) is 8.08. The summed E-state index contributed by atoms with van der Waals surface area (Å²) in [6.07, 6.45) is 0.765. The van der Waals surface area contributed by atoms with E-state index in [4.69, 9.17) is 37.4 Å². The first-order chi connectivity index (χ1) is 11.7. The number of methoxy groups -OCH3 is 3. The number of benzene rings is 1. The normalized spacial score (nSPS) is 24.8. The lowest BCUT2D eigenvalue weighted by Crippen LogP contribution is -2.68. The van der Waals surface area contributed by atoms with Crippen molar-refractivity contribution < 1.29 is 18.9 Å². The topological polar surface area (TPSA) is 54.0 Å². The van der Waals surface area contributed by atoms with Gasteiger partial charge in [-0.3, -0.25) is 0 Å². The van der Waals surface area contributed by atoms with Crippen LogP contribution in [0.2, 0.25) is 0 Å². The van der Waals surface area contributed by atoms with Crippen LogP contribution in [0, 0.1) is 5.21 Å². The second-order valence-electron chi connectivity index (χ2n) is 6.61. The van der Waals surface area contributed by atoms with Crippen LogP contribution in [0.25, 0.3) is 0 Å². The molecule has 0 aromatic heterocycles. The monoisotopic (exact) mass is 392 g/mol. The quantitative estimate of drug-likeness (QED) is 0.386. The van der Waals surface area contributed by atoms with Crippen LogP contribution in [0.15, 0.2) is 12.1 Å². The summed E-state index contributed by atoms with van der Waals surface area (Å²) in [5.41, 5.74) is 0.686. The van der Waals surface area contributed by atoms with E-state index in [0.29, 0.717) is 29.4 Å². The molecular formula is C17H26Cl2N2O4. The van der Waals surface area contributed by atoms with Gasteiger partial charge in [-0.2, -0.15) is 0 Å². The summed E-state index contributed by atoms with van der Waals surface area (Å²) in [4.78, 5) is 2.05. The zero-order chi connectivity index (χ0) is 18.8. The summed E-state index contributed by atoms with van der Waals surface area (Å²) < 4.78 is 14.5. The SMILES string of the molecule is COc1cc(C2C(Cl)(Cl)C[N+]2([O-])CCCN(C)C)cc(OC)c1OC. The van der Waals surface area contributed by atoms with Crippen molar-refractivity contribution in [1.29, 1.82) is 0 Å². The highest BCUT2D eigenvalue weighted by atomic mass is 35.5. The van der Waals surface area contributed by atoms with Crippen LogP contribution in [0.3, 0.4) is 0 Å². The van der Waals surface area contributed by atoms with E-state index < -0.39 is 15.0 Å². The maximum Gasteiger partial charge on any atom is 0.222 e. The van der Waals surface area contributed by atoms with Crippen LogP contribution < -0.4 is 14.2 Å². The molecule has 0 N–H and O–H groups in total. The predicted molar refractivity (Wildman–Crippen MR) is 99.8 cm³/mol. The molecule has 0 aliphatic carbocycles. The highest BCUT2D eigenvalue weighted by molar-refractivity contribution is 6.49. The molecule has 142 valence electrons. The van der Waals surface area contributed by atoms with Gasteiger partial charge < -0.3 is 29.0 Å². The molecule has 1 aromatic carbocycles. The highest BCUT2D eigenvalue weighted by Crippen LogP contribution is 2.56. The van der Waals surface area contributed by atoms with E-state index in [1.54, 1.807) is 12.1 Å². The Balaban J connectivity index is 2.36. The number of hydroxylamine groups is 3. The van der Waals surface area contributed by atoms with E-state index >= 15 is 0 Å².